The van der Waals surface area contributed by atoms with Gasteiger partial charge in [-0.05, 0) is 37.1 Å². The number of methoxy groups -OCH3 is 1. The molecule has 112 valence electrons. The Hall–Kier alpha value is -1.82. The lowest BCUT2D eigenvalue weighted by Crippen LogP contribution is -2.37. The maximum Gasteiger partial charge on any atom is 0.244 e. The average molecular weight is 353 g/mol. The summed E-state index contributed by atoms with van der Waals surface area (Å²) in [5.74, 6) is 0.205. The Bertz CT molecular complexity index is 568. The van der Waals surface area contributed by atoms with Crippen LogP contribution in [0.4, 0.5) is 0 Å². The van der Waals surface area contributed by atoms with E-state index < -0.39 is 0 Å². The minimum Gasteiger partial charge on any atom is -0.496 e. The summed E-state index contributed by atoms with van der Waals surface area (Å²) in [7, 11) is 1.57. The lowest BCUT2D eigenvalue weighted by molar-refractivity contribution is -0.124. The van der Waals surface area contributed by atoms with E-state index >= 15 is 0 Å². The van der Waals surface area contributed by atoms with Crippen molar-refractivity contribution in [3.05, 3.63) is 34.3 Å². The zero-order chi connectivity index (χ0) is 15.2. The predicted molar refractivity (Wildman–Crippen MR) is 83.9 cm³/mol. The highest BCUT2D eigenvalue weighted by atomic mass is 79.9. The zero-order valence-corrected chi connectivity index (χ0v) is 13.3. The molecule has 1 aromatic rings. The van der Waals surface area contributed by atoms with E-state index in [1.807, 2.05) is 18.2 Å². The second-order valence-corrected chi connectivity index (χ2v) is 5.69. The standard InChI is InChI=1S/C15H17BrN2O3/c1-21-13-6-3-11(16)8-10(13)2-7-14(19)17-9-15(20)18-12-4-5-12/h2-3,6-8,12H,4-5,9H2,1H3,(H,17,19)(H,18,20)/b7-2+. The molecule has 1 aromatic carbocycles. The van der Waals surface area contributed by atoms with Crippen LogP contribution in [0.15, 0.2) is 28.7 Å². The highest BCUT2D eigenvalue weighted by Crippen LogP contribution is 2.24. The van der Waals surface area contributed by atoms with Gasteiger partial charge in [0.15, 0.2) is 0 Å². The summed E-state index contributed by atoms with van der Waals surface area (Å²) in [5, 5.41) is 5.35. The quantitative estimate of drug-likeness (QED) is 0.768. The van der Waals surface area contributed by atoms with Crippen LogP contribution in [0.3, 0.4) is 0 Å². The Morgan fingerprint density at radius 2 is 2.19 bits per heavy atom. The molecular formula is C15H17BrN2O3. The Morgan fingerprint density at radius 3 is 2.86 bits per heavy atom. The van der Waals surface area contributed by atoms with E-state index in [4.69, 9.17) is 4.74 Å². The maximum absolute atomic E-state index is 11.7. The molecule has 0 aromatic heterocycles. The number of nitrogens with one attached hydrogen (secondary N) is 2. The van der Waals surface area contributed by atoms with Crippen molar-refractivity contribution in [3.8, 4) is 5.75 Å². The monoisotopic (exact) mass is 352 g/mol. The highest BCUT2D eigenvalue weighted by molar-refractivity contribution is 9.10. The minimum atomic E-state index is -0.317. The van der Waals surface area contributed by atoms with Crippen molar-refractivity contribution in [2.24, 2.45) is 0 Å². The van der Waals surface area contributed by atoms with Crippen LogP contribution in [0.1, 0.15) is 18.4 Å². The van der Waals surface area contributed by atoms with E-state index in [1.165, 1.54) is 6.08 Å². The fourth-order valence-electron chi connectivity index (χ4n) is 1.73. The van der Waals surface area contributed by atoms with Gasteiger partial charge in [0.05, 0.1) is 13.7 Å². The number of halogens is 1. The molecule has 1 saturated carbocycles. The summed E-state index contributed by atoms with van der Waals surface area (Å²) in [5.41, 5.74) is 0.782. The Morgan fingerprint density at radius 1 is 1.43 bits per heavy atom. The summed E-state index contributed by atoms with van der Waals surface area (Å²) in [6.45, 7) is -0.00467. The number of ether oxygens (including phenoxy) is 1. The third kappa shape index (κ3) is 5.23. The number of amides is 2. The zero-order valence-electron chi connectivity index (χ0n) is 11.7. The first-order valence-electron chi connectivity index (χ1n) is 6.67. The van der Waals surface area contributed by atoms with Crippen molar-refractivity contribution >= 4 is 33.8 Å². The lowest BCUT2D eigenvalue weighted by Gasteiger charge is -2.05. The summed E-state index contributed by atoms with van der Waals surface area (Å²) in [6.07, 6.45) is 5.09. The van der Waals surface area contributed by atoms with Gasteiger partial charge < -0.3 is 15.4 Å². The molecule has 0 spiro atoms. The first-order chi connectivity index (χ1) is 10.1. The fraction of sp³-hybridized carbons (Fsp3) is 0.333. The first-order valence-corrected chi connectivity index (χ1v) is 7.46. The second kappa shape index (κ2) is 7.26. The van der Waals surface area contributed by atoms with Crippen LogP contribution in [-0.4, -0.2) is 31.5 Å². The summed E-state index contributed by atoms with van der Waals surface area (Å²) in [4.78, 5) is 23.1. The van der Waals surface area contributed by atoms with Crippen molar-refractivity contribution in [2.75, 3.05) is 13.7 Å². The van der Waals surface area contributed by atoms with Crippen LogP contribution < -0.4 is 15.4 Å². The van der Waals surface area contributed by atoms with Crippen molar-refractivity contribution in [1.29, 1.82) is 0 Å². The number of carbonyl (C=O) groups excluding carboxylic acids is 2. The molecule has 0 atom stereocenters. The van der Waals surface area contributed by atoms with Crippen molar-refractivity contribution in [3.63, 3.8) is 0 Å². The van der Waals surface area contributed by atoms with Crippen LogP contribution in [0.25, 0.3) is 6.08 Å². The van der Waals surface area contributed by atoms with E-state index in [0.29, 0.717) is 11.8 Å². The molecular weight excluding hydrogens is 336 g/mol. The molecule has 0 unspecified atom stereocenters. The second-order valence-electron chi connectivity index (χ2n) is 4.78. The van der Waals surface area contributed by atoms with Gasteiger partial charge in [-0.25, -0.2) is 0 Å². The summed E-state index contributed by atoms with van der Waals surface area (Å²) >= 11 is 3.37. The van der Waals surface area contributed by atoms with E-state index in [9.17, 15) is 9.59 Å². The highest BCUT2D eigenvalue weighted by Gasteiger charge is 2.22. The number of carbonyl (C=O) groups is 2. The number of hydrogen-bond donors (Lipinski definition) is 2. The topological polar surface area (TPSA) is 67.4 Å². The molecule has 0 heterocycles. The largest absolute Gasteiger partial charge is 0.496 e. The molecule has 2 rings (SSSR count). The van der Waals surface area contributed by atoms with Crippen LogP contribution in [0, 0.1) is 0 Å². The van der Waals surface area contributed by atoms with Gasteiger partial charge in [-0.1, -0.05) is 15.9 Å². The molecule has 0 radical (unpaired) electrons. The molecule has 21 heavy (non-hydrogen) atoms. The van der Waals surface area contributed by atoms with Gasteiger partial charge >= 0.3 is 0 Å². The average Bonchev–Trinajstić information content (AvgIpc) is 3.27. The van der Waals surface area contributed by atoms with Gasteiger partial charge in [0.25, 0.3) is 0 Å². The van der Waals surface area contributed by atoms with Crippen molar-refractivity contribution in [1.82, 2.24) is 10.6 Å². The normalized spacial score (nSPS) is 14.0. The van der Waals surface area contributed by atoms with Gasteiger partial charge in [-0.3, -0.25) is 9.59 Å². The van der Waals surface area contributed by atoms with E-state index in [2.05, 4.69) is 26.6 Å². The van der Waals surface area contributed by atoms with Crippen LogP contribution in [0.5, 0.6) is 5.75 Å². The Labute approximate surface area is 131 Å². The smallest absolute Gasteiger partial charge is 0.244 e. The Kier molecular flexibility index (Phi) is 5.38. The van der Waals surface area contributed by atoms with Gasteiger partial charge in [-0.15, -0.1) is 0 Å². The molecule has 1 fully saturated rings. The van der Waals surface area contributed by atoms with E-state index in [1.54, 1.807) is 13.2 Å². The molecule has 1 aliphatic rings. The SMILES string of the molecule is COc1ccc(Br)cc1/C=C/C(=O)NCC(=O)NC1CC1. The summed E-state index contributed by atoms with van der Waals surface area (Å²) in [6, 6.07) is 5.82. The van der Waals surface area contributed by atoms with Gasteiger partial charge in [-0.2, -0.15) is 0 Å². The summed E-state index contributed by atoms with van der Waals surface area (Å²) < 4.78 is 6.11. The van der Waals surface area contributed by atoms with Gasteiger partial charge in [0.2, 0.25) is 11.8 Å². The maximum atomic E-state index is 11.7. The third-order valence-corrected chi connectivity index (χ3v) is 3.46. The predicted octanol–water partition coefficient (Wildman–Crippen LogP) is 1.87. The third-order valence-electron chi connectivity index (χ3n) is 2.97. The van der Waals surface area contributed by atoms with Crippen LogP contribution in [-0.2, 0) is 9.59 Å². The number of benzene rings is 1. The molecule has 0 aliphatic heterocycles. The first kappa shape index (κ1) is 15.6. The minimum absolute atomic E-state index is 0.00467. The van der Waals surface area contributed by atoms with Crippen molar-refractivity contribution < 1.29 is 14.3 Å². The fourth-order valence-corrected chi connectivity index (χ4v) is 2.11. The molecule has 5 nitrogen and oxygen atoms in total. The molecule has 1 aliphatic carbocycles. The Balaban J connectivity index is 1.86. The van der Waals surface area contributed by atoms with Crippen LogP contribution in [0.2, 0.25) is 0 Å². The molecule has 6 heteroatoms. The van der Waals surface area contributed by atoms with Gasteiger partial charge in [0, 0.05) is 22.2 Å². The van der Waals surface area contributed by atoms with Gasteiger partial charge in [0.1, 0.15) is 5.75 Å². The van der Waals surface area contributed by atoms with Crippen molar-refractivity contribution in [2.45, 2.75) is 18.9 Å². The van der Waals surface area contributed by atoms with E-state index in [0.717, 1.165) is 22.9 Å². The lowest BCUT2D eigenvalue weighted by atomic mass is 10.2. The van der Waals surface area contributed by atoms with Crippen LogP contribution >= 0.6 is 15.9 Å². The molecule has 0 bridgehead atoms. The van der Waals surface area contributed by atoms with E-state index in [-0.39, 0.29) is 18.4 Å². The molecule has 2 amide bonds. The molecule has 0 saturated heterocycles. The number of rotatable bonds is 6. The number of hydrogen-bond acceptors (Lipinski definition) is 3. The molecule has 2 N–H and O–H groups in total.